The molecule has 2 aromatic carbocycles. The first-order valence-corrected chi connectivity index (χ1v) is 8.68. The molecule has 0 spiro atoms. The lowest BCUT2D eigenvalue weighted by Gasteiger charge is -2.13. The van der Waals surface area contributed by atoms with Crippen LogP contribution in [-0.4, -0.2) is 17.0 Å². The summed E-state index contributed by atoms with van der Waals surface area (Å²) in [6.07, 6.45) is 0. The van der Waals surface area contributed by atoms with E-state index in [2.05, 4.69) is 63.7 Å². The molecule has 0 aliphatic carbocycles. The van der Waals surface area contributed by atoms with Crippen LogP contribution in [0.3, 0.4) is 0 Å². The molecule has 0 aromatic heterocycles. The summed E-state index contributed by atoms with van der Waals surface area (Å²) in [4.78, 5) is 0. The molecule has 0 fully saturated rings. The first-order valence-electron chi connectivity index (χ1n) is 5.51. The number of aromatic hydroxyl groups is 2. The fourth-order valence-corrected chi connectivity index (χ4v) is 2.98. The van der Waals surface area contributed by atoms with E-state index < -0.39 is 0 Å². The summed E-state index contributed by atoms with van der Waals surface area (Å²) >= 11 is 13.1. The fourth-order valence-electron chi connectivity index (χ4n) is 1.42. The first kappa shape index (κ1) is 16.9. The molecule has 0 aliphatic heterocycles. The Morgan fingerprint density at radius 1 is 0.667 bits per heavy atom. The highest BCUT2D eigenvalue weighted by molar-refractivity contribution is 9.13. The molecule has 0 saturated heterocycles. The number of benzene rings is 2. The molecular weight excluding hydrogens is 540 g/mol. The number of phenols is 2. The van der Waals surface area contributed by atoms with Crippen LogP contribution < -0.4 is 9.47 Å². The largest absolute Gasteiger partial charge is 0.507 e. The zero-order chi connectivity index (χ0) is 15.6. The molecule has 112 valence electrons. The Labute approximate surface area is 154 Å². The summed E-state index contributed by atoms with van der Waals surface area (Å²) in [6, 6.07) is 6.26. The van der Waals surface area contributed by atoms with Gasteiger partial charge in [0.25, 0.3) is 0 Å². The molecule has 2 rings (SSSR count). The quantitative estimate of drug-likeness (QED) is 0.492. The highest BCUT2D eigenvalue weighted by Crippen LogP contribution is 2.40. The zero-order valence-electron chi connectivity index (χ0n) is 10.2. The van der Waals surface area contributed by atoms with E-state index in [4.69, 9.17) is 9.47 Å². The van der Waals surface area contributed by atoms with Gasteiger partial charge in [0.2, 0.25) is 6.79 Å². The normalized spacial score (nSPS) is 10.5. The van der Waals surface area contributed by atoms with Gasteiger partial charge >= 0.3 is 0 Å². The van der Waals surface area contributed by atoms with E-state index in [1.165, 1.54) is 12.1 Å². The summed E-state index contributed by atoms with van der Waals surface area (Å²) < 4.78 is 13.2. The summed E-state index contributed by atoms with van der Waals surface area (Å²) in [7, 11) is 0. The van der Waals surface area contributed by atoms with Crippen LogP contribution in [-0.2, 0) is 0 Å². The lowest BCUT2D eigenvalue weighted by molar-refractivity contribution is 0.118. The smallest absolute Gasteiger partial charge is 0.231 e. The summed E-state index contributed by atoms with van der Waals surface area (Å²) in [6.45, 7) is -0.0361. The minimum atomic E-state index is -0.0361. The Morgan fingerprint density at radius 2 is 1.05 bits per heavy atom. The van der Waals surface area contributed by atoms with Crippen LogP contribution in [0.5, 0.6) is 23.0 Å². The Kier molecular flexibility index (Phi) is 5.81. The predicted octanol–water partition coefficient (Wildman–Crippen LogP) is 5.56. The van der Waals surface area contributed by atoms with Crippen molar-refractivity contribution in [2.75, 3.05) is 6.79 Å². The number of rotatable bonds is 4. The first-order chi connectivity index (χ1) is 9.91. The van der Waals surface area contributed by atoms with Gasteiger partial charge in [0.1, 0.15) is 23.0 Å². The Balaban J connectivity index is 2.06. The van der Waals surface area contributed by atoms with Crippen molar-refractivity contribution in [1.29, 1.82) is 0 Å². The number of hydrogen-bond acceptors (Lipinski definition) is 4. The van der Waals surface area contributed by atoms with Crippen LogP contribution in [0.1, 0.15) is 0 Å². The van der Waals surface area contributed by atoms with E-state index in [9.17, 15) is 10.2 Å². The molecular formula is C13H8Br4O4. The second-order valence-electron chi connectivity index (χ2n) is 3.83. The molecule has 8 heteroatoms. The highest BCUT2D eigenvalue weighted by atomic mass is 79.9. The number of halogens is 4. The van der Waals surface area contributed by atoms with E-state index in [1.54, 1.807) is 12.1 Å². The van der Waals surface area contributed by atoms with Gasteiger partial charge in [-0.15, -0.1) is 0 Å². The predicted molar refractivity (Wildman–Crippen MR) is 93.1 cm³/mol. The Morgan fingerprint density at radius 3 is 1.43 bits per heavy atom. The van der Waals surface area contributed by atoms with Gasteiger partial charge in [-0.1, -0.05) is 0 Å². The second-order valence-corrected chi connectivity index (χ2v) is 7.00. The van der Waals surface area contributed by atoms with Gasteiger partial charge in [0.05, 0.1) is 17.9 Å². The molecule has 0 unspecified atom stereocenters. The van der Waals surface area contributed by atoms with Gasteiger partial charge in [-0.2, -0.15) is 0 Å². The van der Waals surface area contributed by atoms with E-state index in [0.29, 0.717) is 29.4 Å². The van der Waals surface area contributed by atoms with Crippen molar-refractivity contribution in [3.8, 4) is 23.0 Å². The van der Waals surface area contributed by atoms with Crippen molar-refractivity contribution < 1.29 is 19.7 Å². The SMILES string of the molecule is Oc1ccc(OCOc2ccc(O)c(Br)c2Br)c(Br)c1Br. The molecule has 0 amide bonds. The third-order valence-corrected chi connectivity index (χ3v) is 6.73. The molecule has 2 N–H and O–H groups in total. The number of phenolic OH excluding ortho intramolecular Hbond substituents is 2. The monoisotopic (exact) mass is 544 g/mol. The third kappa shape index (κ3) is 3.85. The fraction of sp³-hybridized carbons (Fsp3) is 0.0769. The maximum atomic E-state index is 9.52. The van der Waals surface area contributed by atoms with E-state index >= 15 is 0 Å². The van der Waals surface area contributed by atoms with Crippen LogP contribution in [0, 0.1) is 0 Å². The summed E-state index contributed by atoms with van der Waals surface area (Å²) in [5.41, 5.74) is 0. The Hall–Kier alpha value is -0.440. The van der Waals surface area contributed by atoms with Crippen molar-refractivity contribution in [3.05, 3.63) is 42.2 Å². The van der Waals surface area contributed by atoms with Gasteiger partial charge in [0.15, 0.2) is 0 Å². The molecule has 4 nitrogen and oxygen atoms in total. The van der Waals surface area contributed by atoms with Crippen LogP contribution in [0.2, 0.25) is 0 Å². The van der Waals surface area contributed by atoms with Crippen LogP contribution in [0.4, 0.5) is 0 Å². The van der Waals surface area contributed by atoms with Gasteiger partial charge in [-0.25, -0.2) is 0 Å². The standard InChI is InChI=1S/C13H8Br4O4/c14-10-6(18)1-3-8(12(10)16)20-5-21-9-4-2-7(19)11(15)13(9)17/h1-4,18-19H,5H2. The molecule has 0 saturated carbocycles. The number of hydrogen-bond donors (Lipinski definition) is 2. The van der Waals surface area contributed by atoms with Crippen LogP contribution >= 0.6 is 63.7 Å². The summed E-state index contributed by atoms with van der Waals surface area (Å²) in [5.74, 6) is 1.27. The van der Waals surface area contributed by atoms with Crippen LogP contribution in [0.15, 0.2) is 42.2 Å². The van der Waals surface area contributed by atoms with Crippen LogP contribution in [0.25, 0.3) is 0 Å². The third-order valence-electron chi connectivity index (χ3n) is 2.48. The lowest BCUT2D eigenvalue weighted by Crippen LogP contribution is -2.06. The van der Waals surface area contributed by atoms with Gasteiger partial charge in [0, 0.05) is 0 Å². The average molecular weight is 548 g/mol. The van der Waals surface area contributed by atoms with Crippen molar-refractivity contribution in [2.45, 2.75) is 0 Å². The topological polar surface area (TPSA) is 58.9 Å². The lowest BCUT2D eigenvalue weighted by atomic mass is 10.3. The van der Waals surface area contributed by atoms with Crippen molar-refractivity contribution >= 4 is 63.7 Å². The number of ether oxygens (including phenoxy) is 2. The maximum Gasteiger partial charge on any atom is 0.231 e. The molecule has 0 aliphatic rings. The molecule has 2 aromatic rings. The molecule has 0 atom stereocenters. The van der Waals surface area contributed by atoms with Crippen molar-refractivity contribution in [2.24, 2.45) is 0 Å². The molecule has 0 heterocycles. The molecule has 0 bridgehead atoms. The minimum absolute atomic E-state index is 0.0361. The Bertz CT molecular complexity index is 618. The second kappa shape index (κ2) is 7.21. The van der Waals surface area contributed by atoms with Gasteiger partial charge in [-0.05, 0) is 88.0 Å². The minimum Gasteiger partial charge on any atom is -0.507 e. The summed E-state index contributed by atoms with van der Waals surface area (Å²) in [5, 5.41) is 19.0. The average Bonchev–Trinajstić information content (AvgIpc) is 2.47. The van der Waals surface area contributed by atoms with E-state index in [1.807, 2.05) is 0 Å². The van der Waals surface area contributed by atoms with Crippen molar-refractivity contribution in [1.82, 2.24) is 0 Å². The molecule has 0 radical (unpaired) electrons. The maximum absolute atomic E-state index is 9.52. The van der Waals surface area contributed by atoms with Gasteiger partial charge in [-0.3, -0.25) is 0 Å². The zero-order valence-corrected chi connectivity index (χ0v) is 16.6. The van der Waals surface area contributed by atoms with E-state index in [0.717, 1.165) is 0 Å². The van der Waals surface area contributed by atoms with Crippen molar-refractivity contribution in [3.63, 3.8) is 0 Å². The van der Waals surface area contributed by atoms with Gasteiger partial charge < -0.3 is 19.7 Å². The highest BCUT2D eigenvalue weighted by Gasteiger charge is 2.12. The molecule has 21 heavy (non-hydrogen) atoms. The van der Waals surface area contributed by atoms with E-state index in [-0.39, 0.29) is 18.3 Å².